The molecule has 2 rings (SSSR count). The third-order valence-corrected chi connectivity index (χ3v) is 4.97. The maximum absolute atomic E-state index is 6.07. The van der Waals surface area contributed by atoms with Crippen LogP contribution in [0.25, 0.3) is 0 Å². The maximum atomic E-state index is 6.07. The number of nitrogens with zero attached hydrogens (tertiary/aromatic N) is 1. The predicted octanol–water partition coefficient (Wildman–Crippen LogP) is 4.09. The van der Waals surface area contributed by atoms with E-state index in [0.717, 1.165) is 12.6 Å². The van der Waals surface area contributed by atoms with Crippen LogP contribution in [0.15, 0.2) is 12.1 Å². The van der Waals surface area contributed by atoms with Crippen LogP contribution in [0.1, 0.15) is 61.3 Å². The lowest BCUT2D eigenvalue weighted by Crippen LogP contribution is -2.41. The van der Waals surface area contributed by atoms with Gasteiger partial charge in [-0.25, -0.2) is 0 Å². The molecule has 1 saturated carbocycles. The Bertz CT molecular complexity index is 436. The van der Waals surface area contributed by atoms with E-state index < -0.39 is 0 Å². The third kappa shape index (κ3) is 4.31. The Morgan fingerprint density at radius 1 is 1.05 bits per heavy atom. The molecule has 2 N–H and O–H groups in total. The fourth-order valence-corrected chi connectivity index (χ4v) is 3.81. The summed E-state index contributed by atoms with van der Waals surface area (Å²) in [5.74, 6) is 0. The fraction of sp³-hybridized carbons (Fsp3) is 0.684. The monoisotopic (exact) mass is 288 g/mol. The minimum absolute atomic E-state index is 0.438. The summed E-state index contributed by atoms with van der Waals surface area (Å²) in [6, 6.07) is 5.81. The Hall–Kier alpha value is -0.860. The minimum Gasteiger partial charge on any atom is -0.328 e. The van der Waals surface area contributed by atoms with Crippen molar-refractivity contribution in [2.75, 3.05) is 6.54 Å². The van der Waals surface area contributed by atoms with Gasteiger partial charge in [-0.05, 0) is 76.1 Å². The van der Waals surface area contributed by atoms with Crippen LogP contribution in [0, 0.1) is 20.8 Å². The fourth-order valence-electron chi connectivity index (χ4n) is 3.81. The summed E-state index contributed by atoms with van der Waals surface area (Å²) in [5.41, 5.74) is 11.9. The van der Waals surface area contributed by atoms with Crippen LogP contribution in [0.4, 0.5) is 0 Å². The van der Waals surface area contributed by atoms with Crippen molar-refractivity contribution in [1.82, 2.24) is 4.90 Å². The quantitative estimate of drug-likeness (QED) is 0.884. The molecule has 1 aliphatic carbocycles. The molecule has 0 saturated heterocycles. The van der Waals surface area contributed by atoms with E-state index in [-0.39, 0.29) is 0 Å². The summed E-state index contributed by atoms with van der Waals surface area (Å²) >= 11 is 0. The zero-order chi connectivity index (χ0) is 15.4. The van der Waals surface area contributed by atoms with Gasteiger partial charge in [0.15, 0.2) is 0 Å². The average molecular weight is 288 g/mol. The van der Waals surface area contributed by atoms with Gasteiger partial charge >= 0.3 is 0 Å². The Morgan fingerprint density at radius 2 is 1.62 bits per heavy atom. The van der Waals surface area contributed by atoms with Gasteiger partial charge in [-0.15, -0.1) is 0 Å². The maximum Gasteiger partial charge on any atom is 0.0241 e. The van der Waals surface area contributed by atoms with Gasteiger partial charge in [0.05, 0.1) is 0 Å². The molecule has 2 nitrogen and oxygen atoms in total. The predicted molar refractivity (Wildman–Crippen MR) is 91.6 cm³/mol. The largest absolute Gasteiger partial charge is 0.328 e. The molecule has 0 heterocycles. The number of hydrogen-bond acceptors (Lipinski definition) is 2. The van der Waals surface area contributed by atoms with Gasteiger partial charge < -0.3 is 5.73 Å². The second kappa shape index (κ2) is 7.42. The van der Waals surface area contributed by atoms with Crippen molar-refractivity contribution in [3.05, 3.63) is 34.4 Å². The Labute approximate surface area is 130 Å². The molecule has 1 aliphatic rings. The lowest BCUT2D eigenvalue weighted by atomic mass is 9.90. The molecule has 0 radical (unpaired) electrons. The van der Waals surface area contributed by atoms with Crippen molar-refractivity contribution in [2.24, 2.45) is 5.73 Å². The highest BCUT2D eigenvalue weighted by Crippen LogP contribution is 2.26. The Kier molecular flexibility index (Phi) is 5.83. The molecule has 0 atom stereocenters. The summed E-state index contributed by atoms with van der Waals surface area (Å²) in [7, 11) is 0. The van der Waals surface area contributed by atoms with Crippen molar-refractivity contribution in [3.63, 3.8) is 0 Å². The zero-order valence-corrected chi connectivity index (χ0v) is 14.3. The standard InChI is InChI=1S/C19H32N2/c1-5-10-21(18-8-6-17(20)7-9-18)13-19-15(3)11-14(2)12-16(19)4/h11-12,17-18H,5-10,13,20H2,1-4H3. The second-order valence-electron chi connectivity index (χ2n) is 6.92. The van der Waals surface area contributed by atoms with Crippen LogP contribution in [-0.2, 0) is 6.54 Å². The summed E-state index contributed by atoms with van der Waals surface area (Å²) in [5, 5.41) is 0. The van der Waals surface area contributed by atoms with E-state index in [4.69, 9.17) is 5.73 Å². The van der Waals surface area contributed by atoms with Crippen LogP contribution in [-0.4, -0.2) is 23.5 Å². The highest BCUT2D eigenvalue weighted by Gasteiger charge is 2.24. The molecular formula is C19H32N2. The van der Waals surface area contributed by atoms with Crippen molar-refractivity contribution < 1.29 is 0 Å². The number of aryl methyl sites for hydroxylation is 3. The summed E-state index contributed by atoms with van der Waals surface area (Å²) < 4.78 is 0. The molecule has 0 amide bonds. The van der Waals surface area contributed by atoms with Gasteiger partial charge in [0, 0.05) is 18.6 Å². The van der Waals surface area contributed by atoms with Crippen molar-refractivity contribution >= 4 is 0 Å². The van der Waals surface area contributed by atoms with Crippen LogP contribution in [0.2, 0.25) is 0 Å². The van der Waals surface area contributed by atoms with E-state index in [1.54, 1.807) is 0 Å². The molecule has 0 spiro atoms. The number of nitrogens with two attached hydrogens (primary N) is 1. The SMILES string of the molecule is CCCN(Cc1c(C)cc(C)cc1C)C1CCC(N)CC1. The normalized spacial score (nSPS) is 22.8. The second-order valence-corrected chi connectivity index (χ2v) is 6.92. The molecule has 118 valence electrons. The molecule has 1 aromatic carbocycles. The number of hydrogen-bond donors (Lipinski definition) is 1. The smallest absolute Gasteiger partial charge is 0.0241 e. The van der Waals surface area contributed by atoms with Gasteiger partial charge in [0.1, 0.15) is 0 Å². The highest BCUT2D eigenvalue weighted by atomic mass is 15.2. The van der Waals surface area contributed by atoms with E-state index >= 15 is 0 Å². The van der Waals surface area contributed by atoms with Gasteiger partial charge in [0.2, 0.25) is 0 Å². The van der Waals surface area contributed by atoms with Crippen LogP contribution < -0.4 is 5.73 Å². The van der Waals surface area contributed by atoms with Crippen LogP contribution in [0.5, 0.6) is 0 Å². The van der Waals surface area contributed by atoms with Gasteiger partial charge in [0.25, 0.3) is 0 Å². The first-order valence-corrected chi connectivity index (χ1v) is 8.57. The molecule has 0 aromatic heterocycles. The zero-order valence-electron chi connectivity index (χ0n) is 14.3. The molecule has 0 aliphatic heterocycles. The minimum atomic E-state index is 0.438. The van der Waals surface area contributed by atoms with Gasteiger partial charge in [-0.3, -0.25) is 4.90 Å². The van der Waals surface area contributed by atoms with Crippen molar-refractivity contribution in [2.45, 2.75) is 78.4 Å². The molecule has 1 aromatic rings. The van der Waals surface area contributed by atoms with E-state index in [1.165, 1.54) is 60.9 Å². The molecule has 2 heteroatoms. The van der Waals surface area contributed by atoms with Crippen molar-refractivity contribution in [3.8, 4) is 0 Å². The first-order chi connectivity index (χ1) is 10.0. The van der Waals surface area contributed by atoms with Gasteiger partial charge in [-0.1, -0.05) is 24.6 Å². The van der Waals surface area contributed by atoms with E-state index in [2.05, 4.69) is 44.7 Å². The third-order valence-electron chi connectivity index (χ3n) is 4.97. The molecule has 1 fully saturated rings. The number of benzene rings is 1. The topological polar surface area (TPSA) is 29.3 Å². The summed E-state index contributed by atoms with van der Waals surface area (Å²) in [6.07, 6.45) is 6.15. The van der Waals surface area contributed by atoms with Crippen LogP contribution in [0.3, 0.4) is 0 Å². The van der Waals surface area contributed by atoms with Crippen LogP contribution >= 0.6 is 0 Å². The molecule has 0 unspecified atom stereocenters. The average Bonchev–Trinajstić information content (AvgIpc) is 2.42. The molecule has 21 heavy (non-hydrogen) atoms. The van der Waals surface area contributed by atoms with Crippen molar-refractivity contribution in [1.29, 1.82) is 0 Å². The van der Waals surface area contributed by atoms with E-state index in [9.17, 15) is 0 Å². The van der Waals surface area contributed by atoms with E-state index in [1.807, 2.05) is 0 Å². The van der Waals surface area contributed by atoms with Gasteiger partial charge in [-0.2, -0.15) is 0 Å². The Morgan fingerprint density at radius 3 is 2.14 bits per heavy atom. The highest BCUT2D eigenvalue weighted by molar-refractivity contribution is 5.37. The molecule has 0 bridgehead atoms. The Balaban J connectivity index is 2.13. The molecular weight excluding hydrogens is 256 g/mol. The van der Waals surface area contributed by atoms with E-state index in [0.29, 0.717) is 6.04 Å². The lowest BCUT2D eigenvalue weighted by Gasteiger charge is -2.36. The number of rotatable bonds is 5. The summed E-state index contributed by atoms with van der Waals surface area (Å²) in [6.45, 7) is 11.3. The first-order valence-electron chi connectivity index (χ1n) is 8.57. The first kappa shape index (κ1) is 16.5. The summed E-state index contributed by atoms with van der Waals surface area (Å²) in [4.78, 5) is 2.70. The lowest BCUT2D eigenvalue weighted by molar-refractivity contribution is 0.141.